The molecular formula is C15H15N3O2. The largest absolute Gasteiger partial charge is 0.497 e. The minimum absolute atomic E-state index is 0.264. The van der Waals surface area contributed by atoms with E-state index >= 15 is 0 Å². The zero-order valence-electron chi connectivity index (χ0n) is 11.3. The number of hydrogen-bond donors (Lipinski definition) is 1. The molecule has 1 amide bonds. The summed E-state index contributed by atoms with van der Waals surface area (Å²) in [5, 5.41) is 3.92. The van der Waals surface area contributed by atoms with Crippen LogP contribution in [0.2, 0.25) is 0 Å². The molecule has 2 aromatic rings. The van der Waals surface area contributed by atoms with Crippen LogP contribution in [0.5, 0.6) is 5.75 Å². The van der Waals surface area contributed by atoms with E-state index in [2.05, 4.69) is 15.5 Å². The first-order valence-corrected chi connectivity index (χ1v) is 6.09. The highest BCUT2D eigenvalue weighted by molar-refractivity contribution is 5.94. The van der Waals surface area contributed by atoms with E-state index in [9.17, 15) is 4.79 Å². The van der Waals surface area contributed by atoms with Crippen LogP contribution >= 0.6 is 0 Å². The molecule has 0 aliphatic rings. The summed E-state index contributed by atoms with van der Waals surface area (Å²) in [6, 6.07) is 10.7. The predicted octanol–water partition coefficient (Wildman–Crippen LogP) is 2.16. The van der Waals surface area contributed by atoms with Gasteiger partial charge in [0.2, 0.25) is 0 Å². The van der Waals surface area contributed by atoms with Gasteiger partial charge in [-0.2, -0.15) is 5.10 Å². The Labute approximate surface area is 117 Å². The van der Waals surface area contributed by atoms with E-state index in [4.69, 9.17) is 4.74 Å². The first-order chi connectivity index (χ1) is 9.69. The normalized spacial score (nSPS) is 10.5. The maximum atomic E-state index is 11.8. The van der Waals surface area contributed by atoms with E-state index in [-0.39, 0.29) is 5.91 Å². The molecule has 5 heteroatoms. The third kappa shape index (κ3) is 3.65. The zero-order chi connectivity index (χ0) is 14.4. The predicted molar refractivity (Wildman–Crippen MR) is 77.0 cm³/mol. The number of methoxy groups -OCH3 is 1. The number of carbonyl (C=O) groups is 1. The second-order valence-corrected chi connectivity index (χ2v) is 4.16. The van der Waals surface area contributed by atoms with E-state index in [1.165, 1.54) is 0 Å². The van der Waals surface area contributed by atoms with Crippen molar-refractivity contribution in [1.29, 1.82) is 0 Å². The highest BCUT2D eigenvalue weighted by Crippen LogP contribution is 2.09. The monoisotopic (exact) mass is 269 g/mol. The number of aryl methyl sites for hydroxylation is 1. The van der Waals surface area contributed by atoms with Crippen LogP contribution in [0.4, 0.5) is 0 Å². The number of hydrazone groups is 1. The number of amides is 1. The summed E-state index contributed by atoms with van der Waals surface area (Å²) in [5.74, 6) is 0.513. The van der Waals surface area contributed by atoms with E-state index in [1.54, 1.807) is 31.7 Å². The summed E-state index contributed by atoms with van der Waals surface area (Å²) in [7, 11) is 1.61. The SMILES string of the molecule is COc1ccc(/C=N/NC(=O)c2ccnc(C)c2)cc1. The summed E-state index contributed by atoms with van der Waals surface area (Å²) in [6.07, 6.45) is 3.17. The summed E-state index contributed by atoms with van der Waals surface area (Å²) >= 11 is 0. The molecule has 0 bridgehead atoms. The molecule has 0 unspecified atom stereocenters. The Kier molecular flexibility index (Phi) is 4.44. The van der Waals surface area contributed by atoms with Crippen molar-refractivity contribution in [2.45, 2.75) is 6.92 Å². The van der Waals surface area contributed by atoms with Crippen molar-refractivity contribution in [2.75, 3.05) is 7.11 Å². The standard InChI is InChI=1S/C15H15N3O2/c1-11-9-13(7-8-16-11)15(19)18-17-10-12-3-5-14(20-2)6-4-12/h3-10H,1-2H3,(H,18,19)/b17-10+. The van der Waals surface area contributed by atoms with Gasteiger partial charge in [-0.05, 0) is 48.9 Å². The van der Waals surface area contributed by atoms with Gasteiger partial charge in [-0.1, -0.05) is 0 Å². The van der Waals surface area contributed by atoms with Gasteiger partial charge in [0.25, 0.3) is 5.91 Å². The number of rotatable bonds is 4. The molecule has 0 saturated heterocycles. The molecule has 0 fully saturated rings. The van der Waals surface area contributed by atoms with Gasteiger partial charge in [0.05, 0.1) is 13.3 Å². The van der Waals surface area contributed by atoms with Gasteiger partial charge < -0.3 is 4.74 Å². The van der Waals surface area contributed by atoms with Gasteiger partial charge in [0.1, 0.15) is 5.75 Å². The molecule has 5 nitrogen and oxygen atoms in total. The fourth-order valence-corrected chi connectivity index (χ4v) is 1.61. The molecule has 0 saturated carbocycles. The molecule has 0 spiro atoms. The molecule has 1 heterocycles. The first-order valence-electron chi connectivity index (χ1n) is 6.09. The van der Waals surface area contributed by atoms with Gasteiger partial charge in [-0.25, -0.2) is 5.43 Å². The van der Waals surface area contributed by atoms with Gasteiger partial charge in [0, 0.05) is 17.5 Å². The molecule has 0 atom stereocenters. The molecule has 0 aliphatic carbocycles. The topological polar surface area (TPSA) is 63.6 Å². The van der Waals surface area contributed by atoms with Crippen LogP contribution in [0, 0.1) is 6.92 Å². The second kappa shape index (κ2) is 6.47. The molecular weight excluding hydrogens is 254 g/mol. The Hall–Kier alpha value is -2.69. The fraction of sp³-hybridized carbons (Fsp3) is 0.133. The average molecular weight is 269 g/mol. The Morgan fingerprint density at radius 3 is 2.70 bits per heavy atom. The second-order valence-electron chi connectivity index (χ2n) is 4.16. The van der Waals surface area contributed by atoms with Crippen LogP contribution in [0.15, 0.2) is 47.7 Å². The third-order valence-corrected chi connectivity index (χ3v) is 2.65. The smallest absolute Gasteiger partial charge is 0.271 e. The number of nitrogens with one attached hydrogen (secondary N) is 1. The summed E-state index contributed by atoms with van der Waals surface area (Å²) < 4.78 is 5.06. The maximum absolute atomic E-state index is 11.8. The Morgan fingerprint density at radius 1 is 1.30 bits per heavy atom. The van der Waals surface area contributed by atoms with Crippen LogP contribution in [-0.2, 0) is 0 Å². The lowest BCUT2D eigenvalue weighted by atomic mass is 10.2. The van der Waals surface area contributed by atoms with Crippen molar-refractivity contribution in [1.82, 2.24) is 10.4 Å². The molecule has 2 rings (SSSR count). The van der Waals surface area contributed by atoms with Gasteiger partial charge in [-0.15, -0.1) is 0 Å². The highest BCUT2D eigenvalue weighted by atomic mass is 16.5. The van der Waals surface area contributed by atoms with Gasteiger partial charge >= 0.3 is 0 Å². The molecule has 20 heavy (non-hydrogen) atoms. The summed E-state index contributed by atoms with van der Waals surface area (Å²) in [6.45, 7) is 1.83. The lowest BCUT2D eigenvalue weighted by Crippen LogP contribution is -2.17. The molecule has 1 N–H and O–H groups in total. The van der Waals surface area contributed by atoms with E-state index in [0.717, 1.165) is 17.0 Å². The van der Waals surface area contributed by atoms with Crippen molar-refractivity contribution in [2.24, 2.45) is 5.10 Å². The highest BCUT2D eigenvalue weighted by Gasteiger charge is 2.03. The van der Waals surface area contributed by atoms with Crippen LogP contribution < -0.4 is 10.2 Å². The van der Waals surface area contributed by atoms with Crippen LogP contribution in [-0.4, -0.2) is 24.2 Å². The van der Waals surface area contributed by atoms with E-state index < -0.39 is 0 Å². The number of aromatic nitrogens is 1. The first kappa shape index (κ1) is 13.7. The molecule has 1 aromatic heterocycles. The lowest BCUT2D eigenvalue weighted by Gasteiger charge is -2.01. The summed E-state index contributed by atoms with van der Waals surface area (Å²) in [4.78, 5) is 15.9. The third-order valence-electron chi connectivity index (χ3n) is 2.65. The molecule has 0 aliphatic heterocycles. The number of benzene rings is 1. The molecule has 1 aromatic carbocycles. The average Bonchev–Trinajstić information content (AvgIpc) is 2.48. The number of hydrogen-bond acceptors (Lipinski definition) is 4. The number of carbonyl (C=O) groups excluding carboxylic acids is 1. The van der Waals surface area contributed by atoms with Crippen LogP contribution in [0.3, 0.4) is 0 Å². The van der Waals surface area contributed by atoms with E-state index in [1.807, 2.05) is 31.2 Å². The zero-order valence-corrected chi connectivity index (χ0v) is 11.3. The minimum atomic E-state index is -0.264. The van der Waals surface area contributed by atoms with Crippen LogP contribution in [0.1, 0.15) is 21.6 Å². The summed E-state index contributed by atoms with van der Waals surface area (Å²) in [5.41, 5.74) is 4.67. The number of pyridine rings is 1. The molecule has 0 radical (unpaired) electrons. The van der Waals surface area contributed by atoms with Crippen molar-refractivity contribution >= 4 is 12.1 Å². The van der Waals surface area contributed by atoms with Gasteiger partial charge in [0.15, 0.2) is 0 Å². The van der Waals surface area contributed by atoms with Crippen molar-refractivity contribution in [3.63, 3.8) is 0 Å². The number of ether oxygens (including phenoxy) is 1. The Bertz CT molecular complexity index is 621. The van der Waals surface area contributed by atoms with Crippen molar-refractivity contribution in [3.05, 3.63) is 59.4 Å². The Balaban J connectivity index is 1.97. The Morgan fingerprint density at radius 2 is 2.05 bits per heavy atom. The molecule has 102 valence electrons. The minimum Gasteiger partial charge on any atom is -0.497 e. The van der Waals surface area contributed by atoms with Crippen LogP contribution in [0.25, 0.3) is 0 Å². The maximum Gasteiger partial charge on any atom is 0.271 e. The van der Waals surface area contributed by atoms with Crippen molar-refractivity contribution in [3.8, 4) is 5.75 Å². The van der Waals surface area contributed by atoms with Gasteiger partial charge in [-0.3, -0.25) is 9.78 Å². The van der Waals surface area contributed by atoms with Crippen molar-refractivity contribution < 1.29 is 9.53 Å². The fourth-order valence-electron chi connectivity index (χ4n) is 1.61. The number of nitrogens with zero attached hydrogens (tertiary/aromatic N) is 2. The van der Waals surface area contributed by atoms with E-state index in [0.29, 0.717) is 5.56 Å². The quantitative estimate of drug-likeness (QED) is 0.683. The lowest BCUT2D eigenvalue weighted by molar-refractivity contribution is 0.0955.